The highest BCUT2D eigenvalue weighted by molar-refractivity contribution is 6.00. The first-order valence-electron chi connectivity index (χ1n) is 7.95. The molecule has 1 aliphatic rings. The molecule has 6 nitrogen and oxygen atoms in total. The number of nitrogen functional groups attached to an aromatic ring is 1. The van der Waals surface area contributed by atoms with Crippen molar-refractivity contribution in [1.82, 2.24) is 19.7 Å². The molecule has 6 heteroatoms. The maximum atomic E-state index is 6.14. The summed E-state index contributed by atoms with van der Waals surface area (Å²) in [5, 5.41) is 5.05. The Labute approximate surface area is 137 Å². The van der Waals surface area contributed by atoms with Crippen LogP contribution in [-0.4, -0.2) is 19.7 Å². The van der Waals surface area contributed by atoms with Crippen molar-refractivity contribution in [2.45, 2.75) is 18.8 Å². The Morgan fingerprint density at radius 3 is 2.75 bits per heavy atom. The van der Waals surface area contributed by atoms with Gasteiger partial charge in [0.2, 0.25) is 0 Å². The van der Waals surface area contributed by atoms with Crippen LogP contribution in [-0.2, 0) is 0 Å². The van der Waals surface area contributed by atoms with Crippen molar-refractivity contribution in [3.8, 4) is 16.9 Å². The van der Waals surface area contributed by atoms with Crippen LogP contribution in [0.5, 0.6) is 0 Å². The molecule has 0 bridgehead atoms. The summed E-state index contributed by atoms with van der Waals surface area (Å²) in [6.45, 7) is 0. The average molecular weight is 317 g/mol. The standard InChI is InChI=1S/C18H15N5O/c19-17-16-13(14-8-15(24-22-14)11-6-7-11)9-23(18(16)21-10-20-17)12-4-2-1-3-5-12/h1-5,8-11H,6-7H2,(H2,19,20,21). The number of hydrogen-bond donors (Lipinski definition) is 1. The Balaban J connectivity index is 1.76. The third-order valence-corrected chi connectivity index (χ3v) is 4.43. The fraction of sp³-hybridized carbons (Fsp3) is 0.167. The summed E-state index contributed by atoms with van der Waals surface area (Å²) in [5.41, 5.74) is 9.58. The molecular weight excluding hydrogens is 302 g/mol. The molecular formula is C18H15N5O. The summed E-state index contributed by atoms with van der Waals surface area (Å²) in [4.78, 5) is 8.58. The fourth-order valence-corrected chi connectivity index (χ4v) is 3.04. The van der Waals surface area contributed by atoms with Crippen LogP contribution in [0.1, 0.15) is 24.5 Å². The first-order chi connectivity index (χ1) is 11.8. The maximum absolute atomic E-state index is 6.14. The number of rotatable bonds is 3. The number of para-hydroxylation sites is 1. The Hall–Kier alpha value is -3.15. The van der Waals surface area contributed by atoms with Crippen molar-refractivity contribution in [3.05, 3.63) is 54.7 Å². The van der Waals surface area contributed by atoms with Crippen LogP contribution in [0.2, 0.25) is 0 Å². The number of anilines is 1. The van der Waals surface area contributed by atoms with E-state index in [1.54, 1.807) is 0 Å². The highest BCUT2D eigenvalue weighted by Gasteiger charge is 2.29. The second-order valence-corrected chi connectivity index (χ2v) is 6.09. The molecule has 1 fully saturated rings. The van der Waals surface area contributed by atoms with Gasteiger partial charge in [-0.2, -0.15) is 0 Å². The first kappa shape index (κ1) is 13.3. The molecule has 4 aromatic rings. The lowest BCUT2D eigenvalue weighted by molar-refractivity contribution is 0.386. The van der Waals surface area contributed by atoms with Gasteiger partial charge in [-0.1, -0.05) is 23.4 Å². The minimum Gasteiger partial charge on any atom is -0.383 e. The van der Waals surface area contributed by atoms with Crippen LogP contribution in [0, 0.1) is 0 Å². The molecule has 0 radical (unpaired) electrons. The molecule has 1 saturated carbocycles. The molecule has 0 unspecified atom stereocenters. The zero-order chi connectivity index (χ0) is 16.1. The van der Waals surface area contributed by atoms with Gasteiger partial charge in [-0.05, 0) is 25.0 Å². The van der Waals surface area contributed by atoms with E-state index in [4.69, 9.17) is 10.3 Å². The molecule has 3 heterocycles. The van der Waals surface area contributed by atoms with E-state index in [0.717, 1.165) is 33.7 Å². The van der Waals surface area contributed by atoms with Gasteiger partial charge in [0.15, 0.2) is 5.65 Å². The van der Waals surface area contributed by atoms with Gasteiger partial charge >= 0.3 is 0 Å². The van der Waals surface area contributed by atoms with E-state index in [9.17, 15) is 0 Å². The number of nitrogens with two attached hydrogens (primary N) is 1. The molecule has 0 spiro atoms. The molecule has 0 saturated heterocycles. The van der Waals surface area contributed by atoms with E-state index in [0.29, 0.717) is 11.7 Å². The topological polar surface area (TPSA) is 82.8 Å². The summed E-state index contributed by atoms with van der Waals surface area (Å²) < 4.78 is 7.51. The third-order valence-electron chi connectivity index (χ3n) is 4.43. The van der Waals surface area contributed by atoms with Gasteiger partial charge in [-0.3, -0.25) is 0 Å². The normalized spacial score (nSPS) is 14.3. The van der Waals surface area contributed by atoms with Crippen molar-refractivity contribution in [2.24, 2.45) is 0 Å². The molecule has 0 aliphatic heterocycles. The number of nitrogens with zero attached hydrogens (tertiary/aromatic N) is 4. The molecule has 1 aliphatic carbocycles. The maximum Gasteiger partial charge on any atom is 0.150 e. The largest absolute Gasteiger partial charge is 0.383 e. The molecule has 0 atom stereocenters. The SMILES string of the molecule is Nc1ncnc2c1c(-c1cc(C3CC3)on1)cn2-c1ccccc1. The summed E-state index contributed by atoms with van der Waals surface area (Å²) >= 11 is 0. The molecule has 24 heavy (non-hydrogen) atoms. The van der Waals surface area contributed by atoms with Crippen molar-refractivity contribution in [2.75, 3.05) is 5.73 Å². The highest BCUT2D eigenvalue weighted by atomic mass is 16.5. The van der Waals surface area contributed by atoms with Crippen LogP contribution in [0.25, 0.3) is 28.0 Å². The lowest BCUT2D eigenvalue weighted by Crippen LogP contribution is -1.96. The molecule has 2 N–H and O–H groups in total. The first-order valence-corrected chi connectivity index (χ1v) is 7.95. The second kappa shape index (κ2) is 4.92. The van der Waals surface area contributed by atoms with Gasteiger partial charge in [-0.25, -0.2) is 9.97 Å². The minimum absolute atomic E-state index is 0.445. The van der Waals surface area contributed by atoms with Crippen molar-refractivity contribution < 1.29 is 4.52 Å². The summed E-state index contributed by atoms with van der Waals surface area (Å²) in [6.07, 6.45) is 5.83. The quantitative estimate of drug-likeness (QED) is 0.625. The fourth-order valence-electron chi connectivity index (χ4n) is 3.04. The van der Waals surface area contributed by atoms with Gasteiger partial charge in [-0.15, -0.1) is 0 Å². The van der Waals surface area contributed by atoms with Crippen molar-refractivity contribution in [3.63, 3.8) is 0 Å². The Bertz CT molecular complexity index is 1030. The molecule has 1 aromatic carbocycles. The third kappa shape index (κ3) is 2.00. The van der Waals surface area contributed by atoms with Crippen molar-refractivity contribution in [1.29, 1.82) is 0 Å². The van der Waals surface area contributed by atoms with Gasteiger partial charge in [0.1, 0.15) is 23.6 Å². The molecule has 3 aromatic heterocycles. The van der Waals surface area contributed by atoms with E-state index in [1.807, 2.05) is 47.2 Å². The summed E-state index contributed by atoms with van der Waals surface area (Å²) in [5.74, 6) is 1.91. The number of benzene rings is 1. The van der Waals surface area contributed by atoms with Crippen LogP contribution >= 0.6 is 0 Å². The second-order valence-electron chi connectivity index (χ2n) is 6.09. The number of fused-ring (bicyclic) bond motifs is 1. The highest BCUT2D eigenvalue weighted by Crippen LogP contribution is 2.42. The van der Waals surface area contributed by atoms with Crippen LogP contribution in [0.4, 0.5) is 5.82 Å². The Morgan fingerprint density at radius 1 is 1.12 bits per heavy atom. The predicted molar refractivity (Wildman–Crippen MR) is 90.7 cm³/mol. The van der Waals surface area contributed by atoms with Gasteiger partial charge in [0.05, 0.1) is 5.39 Å². The van der Waals surface area contributed by atoms with E-state index in [2.05, 4.69) is 15.1 Å². The average Bonchev–Trinajstić information content (AvgIpc) is 3.21. The zero-order valence-electron chi connectivity index (χ0n) is 12.9. The number of aromatic nitrogens is 4. The van der Waals surface area contributed by atoms with Gasteiger partial charge in [0, 0.05) is 29.4 Å². The van der Waals surface area contributed by atoms with E-state index >= 15 is 0 Å². The number of hydrogen-bond acceptors (Lipinski definition) is 5. The van der Waals surface area contributed by atoms with Gasteiger partial charge in [0.25, 0.3) is 0 Å². The lowest BCUT2D eigenvalue weighted by Gasteiger charge is -2.03. The van der Waals surface area contributed by atoms with Crippen LogP contribution in [0.15, 0.2) is 53.4 Å². The smallest absolute Gasteiger partial charge is 0.150 e. The summed E-state index contributed by atoms with van der Waals surface area (Å²) in [6, 6.07) is 12.0. The molecule has 118 valence electrons. The monoisotopic (exact) mass is 317 g/mol. The van der Waals surface area contributed by atoms with E-state index in [-0.39, 0.29) is 0 Å². The van der Waals surface area contributed by atoms with Crippen LogP contribution in [0.3, 0.4) is 0 Å². The van der Waals surface area contributed by atoms with Crippen LogP contribution < -0.4 is 5.73 Å². The van der Waals surface area contributed by atoms with Gasteiger partial charge < -0.3 is 14.8 Å². The molecule has 0 amide bonds. The Morgan fingerprint density at radius 2 is 1.96 bits per heavy atom. The van der Waals surface area contributed by atoms with E-state index < -0.39 is 0 Å². The predicted octanol–water partition coefficient (Wildman–Crippen LogP) is 3.54. The lowest BCUT2D eigenvalue weighted by atomic mass is 10.1. The Kier molecular flexibility index (Phi) is 2.73. The zero-order valence-corrected chi connectivity index (χ0v) is 12.9. The molecule has 5 rings (SSSR count). The van der Waals surface area contributed by atoms with E-state index in [1.165, 1.54) is 19.2 Å². The summed E-state index contributed by atoms with van der Waals surface area (Å²) in [7, 11) is 0. The minimum atomic E-state index is 0.445. The van der Waals surface area contributed by atoms with Crippen molar-refractivity contribution >= 4 is 16.9 Å².